The standard InChI is InChI=1S/C23H32N4O2/c1-5-25-23(27-14-15-29-21-17(2)8-6-9-18(21)3)26-13-12-19-10-7-11-20(16-19)22(28)24-4/h6-11,16H,5,12-15H2,1-4H3,(H,24,28)(H2,25,26,27). The number of aliphatic imine (C=N–C) groups is 1. The molecule has 0 aliphatic carbocycles. The fourth-order valence-corrected chi connectivity index (χ4v) is 3.00. The average Bonchev–Trinajstić information content (AvgIpc) is 2.72. The lowest BCUT2D eigenvalue weighted by Gasteiger charge is -2.14. The molecule has 2 rings (SSSR count). The van der Waals surface area contributed by atoms with E-state index in [0.717, 1.165) is 41.4 Å². The summed E-state index contributed by atoms with van der Waals surface area (Å²) in [6.45, 7) is 8.79. The Balaban J connectivity index is 1.84. The van der Waals surface area contributed by atoms with Gasteiger partial charge >= 0.3 is 0 Å². The van der Waals surface area contributed by atoms with Crippen LogP contribution >= 0.6 is 0 Å². The average molecular weight is 397 g/mol. The Morgan fingerprint density at radius 3 is 2.48 bits per heavy atom. The molecule has 0 saturated carbocycles. The van der Waals surface area contributed by atoms with E-state index in [4.69, 9.17) is 4.74 Å². The minimum absolute atomic E-state index is 0.0748. The highest BCUT2D eigenvalue weighted by Gasteiger charge is 2.05. The molecule has 0 bridgehead atoms. The number of carbonyl (C=O) groups is 1. The normalized spacial score (nSPS) is 11.1. The highest BCUT2D eigenvalue weighted by Crippen LogP contribution is 2.21. The Labute approximate surface area is 173 Å². The summed E-state index contributed by atoms with van der Waals surface area (Å²) in [5.74, 6) is 1.64. The molecule has 0 aliphatic heterocycles. The largest absolute Gasteiger partial charge is 0.491 e. The van der Waals surface area contributed by atoms with Crippen LogP contribution in [0.2, 0.25) is 0 Å². The first kappa shape index (κ1) is 22.3. The van der Waals surface area contributed by atoms with E-state index < -0.39 is 0 Å². The number of guanidine groups is 1. The van der Waals surface area contributed by atoms with Gasteiger partial charge in [-0.3, -0.25) is 9.79 Å². The van der Waals surface area contributed by atoms with E-state index in [1.165, 1.54) is 0 Å². The Hall–Kier alpha value is -3.02. The molecule has 0 atom stereocenters. The third-order valence-corrected chi connectivity index (χ3v) is 4.48. The number of ether oxygens (including phenoxy) is 1. The molecule has 0 spiro atoms. The molecular formula is C23H32N4O2. The summed E-state index contributed by atoms with van der Waals surface area (Å²) in [5, 5.41) is 9.20. The van der Waals surface area contributed by atoms with Gasteiger partial charge in [0.2, 0.25) is 0 Å². The second kappa shape index (κ2) is 11.7. The second-order valence-corrected chi connectivity index (χ2v) is 6.79. The SMILES string of the molecule is CCNC(=NCCc1cccc(C(=O)NC)c1)NCCOc1c(C)cccc1C. The first-order valence-electron chi connectivity index (χ1n) is 10.1. The Bertz CT molecular complexity index is 813. The zero-order valence-electron chi connectivity index (χ0n) is 17.8. The lowest BCUT2D eigenvalue weighted by Crippen LogP contribution is -2.39. The molecule has 2 aromatic carbocycles. The number of para-hydroxylation sites is 1. The van der Waals surface area contributed by atoms with Crippen LogP contribution in [0, 0.1) is 13.8 Å². The van der Waals surface area contributed by atoms with Crippen molar-refractivity contribution < 1.29 is 9.53 Å². The van der Waals surface area contributed by atoms with E-state index >= 15 is 0 Å². The first-order chi connectivity index (χ1) is 14.0. The molecule has 3 N–H and O–H groups in total. The molecule has 156 valence electrons. The number of aryl methyl sites for hydroxylation is 2. The molecule has 6 heteroatoms. The molecular weight excluding hydrogens is 364 g/mol. The summed E-state index contributed by atoms with van der Waals surface area (Å²) in [6.07, 6.45) is 0.764. The van der Waals surface area contributed by atoms with Gasteiger partial charge in [-0.2, -0.15) is 0 Å². The molecule has 0 aliphatic rings. The predicted octanol–water partition coefficient (Wildman–Crippen LogP) is 2.84. The fourth-order valence-electron chi connectivity index (χ4n) is 3.00. The smallest absolute Gasteiger partial charge is 0.251 e. The molecule has 0 radical (unpaired) electrons. The van der Waals surface area contributed by atoms with E-state index in [1.54, 1.807) is 7.05 Å². The van der Waals surface area contributed by atoms with E-state index in [9.17, 15) is 4.79 Å². The second-order valence-electron chi connectivity index (χ2n) is 6.79. The summed E-state index contributed by atoms with van der Waals surface area (Å²) >= 11 is 0. The van der Waals surface area contributed by atoms with Crippen molar-refractivity contribution in [3.05, 3.63) is 64.7 Å². The number of hydrogen-bond acceptors (Lipinski definition) is 3. The molecule has 0 aromatic heterocycles. The minimum Gasteiger partial charge on any atom is -0.491 e. The van der Waals surface area contributed by atoms with E-state index in [-0.39, 0.29) is 5.91 Å². The third-order valence-electron chi connectivity index (χ3n) is 4.48. The van der Waals surface area contributed by atoms with E-state index in [0.29, 0.717) is 25.3 Å². The molecule has 0 heterocycles. The maximum atomic E-state index is 11.8. The van der Waals surface area contributed by atoms with Crippen LogP contribution in [0.3, 0.4) is 0 Å². The van der Waals surface area contributed by atoms with Crippen molar-refractivity contribution in [1.29, 1.82) is 0 Å². The number of hydrogen-bond donors (Lipinski definition) is 3. The quantitative estimate of drug-likeness (QED) is 0.346. The van der Waals surface area contributed by atoms with E-state index in [2.05, 4.69) is 46.9 Å². The van der Waals surface area contributed by atoms with Crippen molar-refractivity contribution in [1.82, 2.24) is 16.0 Å². The molecule has 29 heavy (non-hydrogen) atoms. The fraction of sp³-hybridized carbons (Fsp3) is 0.391. The number of nitrogens with one attached hydrogen (secondary N) is 3. The molecule has 2 aromatic rings. The number of benzene rings is 2. The topological polar surface area (TPSA) is 74.8 Å². The van der Waals surface area contributed by atoms with Gasteiger partial charge in [-0.15, -0.1) is 0 Å². The summed E-state index contributed by atoms with van der Waals surface area (Å²) < 4.78 is 5.93. The zero-order valence-corrected chi connectivity index (χ0v) is 17.8. The van der Waals surface area contributed by atoms with Gasteiger partial charge in [0, 0.05) is 25.7 Å². The molecule has 0 unspecified atom stereocenters. The Morgan fingerprint density at radius 2 is 1.79 bits per heavy atom. The van der Waals surface area contributed by atoms with Gasteiger partial charge < -0.3 is 20.7 Å². The van der Waals surface area contributed by atoms with Crippen molar-refractivity contribution in [2.45, 2.75) is 27.2 Å². The van der Waals surface area contributed by atoms with Crippen LogP contribution in [-0.2, 0) is 6.42 Å². The van der Waals surface area contributed by atoms with Crippen molar-refractivity contribution in [2.75, 3.05) is 33.3 Å². The molecule has 0 fully saturated rings. The molecule has 0 saturated heterocycles. The molecule has 6 nitrogen and oxygen atoms in total. The lowest BCUT2D eigenvalue weighted by molar-refractivity contribution is 0.0963. The maximum absolute atomic E-state index is 11.8. The first-order valence-corrected chi connectivity index (χ1v) is 10.1. The Morgan fingerprint density at radius 1 is 1.07 bits per heavy atom. The van der Waals surface area contributed by atoms with Crippen LogP contribution in [0.25, 0.3) is 0 Å². The van der Waals surface area contributed by atoms with Gasteiger partial charge in [0.1, 0.15) is 12.4 Å². The lowest BCUT2D eigenvalue weighted by atomic mass is 10.1. The van der Waals surface area contributed by atoms with Gasteiger partial charge in [0.05, 0.1) is 6.54 Å². The van der Waals surface area contributed by atoms with E-state index in [1.807, 2.05) is 37.3 Å². The predicted molar refractivity (Wildman–Crippen MR) is 119 cm³/mol. The number of rotatable bonds is 9. The highest BCUT2D eigenvalue weighted by molar-refractivity contribution is 5.94. The molecule has 1 amide bonds. The number of amides is 1. The van der Waals surface area contributed by atoms with Crippen molar-refractivity contribution in [3.8, 4) is 5.75 Å². The summed E-state index contributed by atoms with van der Waals surface area (Å²) in [5.41, 5.74) is 4.04. The number of nitrogens with zero attached hydrogens (tertiary/aromatic N) is 1. The van der Waals surface area contributed by atoms with Crippen LogP contribution in [0.4, 0.5) is 0 Å². The van der Waals surface area contributed by atoms with Gasteiger partial charge in [-0.05, 0) is 56.0 Å². The van der Waals surface area contributed by atoms with Crippen LogP contribution in [0.5, 0.6) is 5.75 Å². The van der Waals surface area contributed by atoms with Gasteiger partial charge in [0.15, 0.2) is 5.96 Å². The maximum Gasteiger partial charge on any atom is 0.251 e. The Kier molecular flexibility index (Phi) is 9.02. The summed E-state index contributed by atoms with van der Waals surface area (Å²) in [6, 6.07) is 13.8. The van der Waals surface area contributed by atoms with Crippen LogP contribution < -0.4 is 20.7 Å². The van der Waals surface area contributed by atoms with Gasteiger partial charge in [0.25, 0.3) is 5.91 Å². The van der Waals surface area contributed by atoms with Gasteiger partial charge in [-0.25, -0.2) is 0 Å². The van der Waals surface area contributed by atoms with Crippen LogP contribution in [0.1, 0.15) is 34.0 Å². The number of carbonyl (C=O) groups excluding carboxylic acids is 1. The third kappa shape index (κ3) is 7.14. The van der Waals surface area contributed by atoms with Crippen LogP contribution in [0.15, 0.2) is 47.5 Å². The monoisotopic (exact) mass is 396 g/mol. The summed E-state index contributed by atoms with van der Waals surface area (Å²) in [4.78, 5) is 16.4. The summed E-state index contributed by atoms with van der Waals surface area (Å²) in [7, 11) is 1.64. The van der Waals surface area contributed by atoms with Crippen molar-refractivity contribution >= 4 is 11.9 Å². The minimum atomic E-state index is -0.0748. The highest BCUT2D eigenvalue weighted by atomic mass is 16.5. The van der Waals surface area contributed by atoms with Gasteiger partial charge in [-0.1, -0.05) is 30.3 Å². The van der Waals surface area contributed by atoms with Crippen molar-refractivity contribution in [2.24, 2.45) is 4.99 Å². The van der Waals surface area contributed by atoms with Crippen molar-refractivity contribution in [3.63, 3.8) is 0 Å². The van der Waals surface area contributed by atoms with Crippen LogP contribution in [-0.4, -0.2) is 45.2 Å². The zero-order chi connectivity index (χ0) is 21.1.